The molecule has 0 aliphatic carbocycles. The van der Waals surface area contributed by atoms with Crippen molar-refractivity contribution in [1.29, 1.82) is 0 Å². The van der Waals surface area contributed by atoms with Gasteiger partial charge in [-0.1, -0.05) is 44.8 Å². The second kappa shape index (κ2) is 8.89. The number of piperidine rings is 1. The van der Waals surface area contributed by atoms with Gasteiger partial charge in [0.15, 0.2) is 0 Å². The van der Waals surface area contributed by atoms with Crippen LogP contribution in [0, 0.1) is 12.8 Å². The van der Waals surface area contributed by atoms with Crippen molar-refractivity contribution in [3.63, 3.8) is 0 Å². The summed E-state index contributed by atoms with van der Waals surface area (Å²) < 4.78 is 33.7. The number of hydrogen-bond donors (Lipinski definition) is 1. The Morgan fingerprint density at radius 2 is 1.97 bits per heavy atom. The molecule has 3 aromatic rings. The van der Waals surface area contributed by atoms with Crippen LogP contribution >= 0.6 is 15.9 Å². The molecule has 0 spiro atoms. The molecular weight excluding hydrogens is 484 g/mol. The molecule has 0 bridgehead atoms. The van der Waals surface area contributed by atoms with Gasteiger partial charge >= 0.3 is 6.01 Å². The average molecular weight is 505 g/mol. The Bertz CT molecular complexity index is 1190. The smallest absolute Gasteiger partial charge is 0.322 e. The molecule has 1 aromatic heterocycles. The summed E-state index contributed by atoms with van der Waals surface area (Å²) in [6.07, 6.45) is 1.18. The molecule has 2 aromatic carbocycles. The fraction of sp³-hybridized carbons (Fsp3) is 0.286. The van der Waals surface area contributed by atoms with Crippen LogP contribution < -0.4 is 5.32 Å². The maximum Gasteiger partial charge on any atom is 0.322 e. The standard InChI is InChI=1S/C21H21BrN4O4S/c1-14-7-9-18(10-8-14)31(28,29)26-11-3-5-16(13-26)19(27)23-21-25-24-20(30-21)15-4-2-6-17(22)12-15/h2,4,6-10,12,16H,3,5,11,13H2,1H3,(H,23,25,27). The molecule has 1 fully saturated rings. The number of aryl methyl sites for hydroxylation is 1. The summed E-state index contributed by atoms with van der Waals surface area (Å²) in [4.78, 5) is 13.0. The molecule has 0 saturated carbocycles. The second-order valence-corrected chi connectivity index (χ2v) is 10.3. The fourth-order valence-corrected chi connectivity index (χ4v) is 5.38. The molecule has 0 radical (unpaired) electrons. The lowest BCUT2D eigenvalue weighted by Crippen LogP contribution is -2.43. The number of nitrogens with one attached hydrogen (secondary N) is 1. The highest BCUT2D eigenvalue weighted by molar-refractivity contribution is 9.10. The fourth-order valence-electron chi connectivity index (χ4n) is 3.45. The van der Waals surface area contributed by atoms with Crippen molar-refractivity contribution >= 4 is 37.9 Å². The molecular formula is C21H21BrN4O4S. The highest BCUT2D eigenvalue weighted by atomic mass is 79.9. The summed E-state index contributed by atoms with van der Waals surface area (Å²) >= 11 is 3.39. The number of aromatic nitrogens is 2. The van der Waals surface area contributed by atoms with E-state index in [1.165, 1.54) is 4.31 Å². The quantitative estimate of drug-likeness (QED) is 0.565. The highest BCUT2D eigenvalue weighted by Crippen LogP contribution is 2.26. The summed E-state index contributed by atoms with van der Waals surface area (Å²) in [5, 5.41) is 10.5. The minimum absolute atomic E-state index is 0.0153. The molecule has 10 heteroatoms. The predicted molar refractivity (Wildman–Crippen MR) is 119 cm³/mol. The Kier molecular flexibility index (Phi) is 6.22. The first kappa shape index (κ1) is 21.7. The van der Waals surface area contributed by atoms with Gasteiger partial charge in [-0.15, -0.1) is 5.10 Å². The first-order valence-corrected chi connectivity index (χ1v) is 12.0. The molecule has 8 nitrogen and oxygen atoms in total. The van der Waals surface area contributed by atoms with Crippen molar-refractivity contribution in [2.24, 2.45) is 5.92 Å². The average Bonchev–Trinajstić information content (AvgIpc) is 3.23. The monoisotopic (exact) mass is 504 g/mol. The van der Waals surface area contributed by atoms with Gasteiger partial charge in [-0.25, -0.2) is 8.42 Å². The molecule has 1 atom stereocenters. The van der Waals surface area contributed by atoms with Gasteiger partial charge in [0.05, 0.1) is 10.8 Å². The Balaban J connectivity index is 1.44. The first-order chi connectivity index (χ1) is 14.8. The first-order valence-electron chi connectivity index (χ1n) is 9.80. The van der Waals surface area contributed by atoms with Crippen LogP contribution in [0.15, 0.2) is 62.3 Å². The van der Waals surface area contributed by atoms with E-state index in [1.54, 1.807) is 24.3 Å². The van der Waals surface area contributed by atoms with Gasteiger partial charge in [0.25, 0.3) is 0 Å². The number of carbonyl (C=O) groups is 1. The molecule has 1 aliphatic heterocycles. The van der Waals surface area contributed by atoms with Crippen LogP contribution in [-0.2, 0) is 14.8 Å². The molecule has 162 valence electrons. The van der Waals surface area contributed by atoms with Crippen molar-refractivity contribution in [2.45, 2.75) is 24.7 Å². The number of rotatable bonds is 5. The third-order valence-corrected chi connectivity index (χ3v) is 7.51. The van der Waals surface area contributed by atoms with Crippen LogP contribution in [0.2, 0.25) is 0 Å². The minimum atomic E-state index is -3.66. The van der Waals surface area contributed by atoms with E-state index < -0.39 is 15.9 Å². The normalized spacial score (nSPS) is 17.4. The van der Waals surface area contributed by atoms with Crippen LogP contribution in [0.1, 0.15) is 18.4 Å². The largest absolute Gasteiger partial charge is 0.403 e. The van der Waals surface area contributed by atoms with Crippen molar-refractivity contribution in [1.82, 2.24) is 14.5 Å². The van der Waals surface area contributed by atoms with Gasteiger partial charge < -0.3 is 4.42 Å². The van der Waals surface area contributed by atoms with E-state index in [4.69, 9.17) is 4.42 Å². The van der Waals surface area contributed by atoms with E-state index in [0.29, 0.717) is 19.4 Å². The van der Waals surface area contributed by atoms with Crippen LogP contribution in [0.25, 0.3) is 11.5 Å². The Morgan fingerprint density at radius 3 is 2.71 bits per heavy atom. The second-order valence-electron chi connectivity index (χ2n) is 7.43. The summed E-state index contributed by atoms with van der Waals surface area (Å²) in [5.41, 5.74) is 1.70. The topological polar surface area (TPSA) is 105 Å². The lowest BCUT2D eigenvalue weighted by atomic mass is 9.99. The highest BCUT2D eigenvalue weighted by Gasteiger charge is 2.33. The molecule has 31 heavy (non-hydrogen) atoms. The van der Waals surface area contributed by atoms with Crippen LogP contribution in [-0.4, -0.2) is 41.9 Å². The molecule has 2 heterocycles. The number of carbonyl (C=O) groups excluding carboxylic acids is 1. The third kappa shape index (κ3) is 4.86. The van der Waals surface area contributed by atoms with Gasteiger partial charge in [0.1, 0.15) is 0 Å². The van der Waals surface area contributed by atoms with Crippen LogP contribution in [0.5, 0.6) is 0 Å². The van der Waals surface area contributed by atoms with Crippen molar-refractivity contribution in [3.8, 4) is 11.5 Å². The number of nitrogens with zero attached hydrogens (tertiary/aromatic N) is 3. The van der Waals surface area contributed by atoms with E-state index in [0.717, 1.165) is 15.6 Å². The Hall–Kier alpha value is -2.56. The van der Waals surface area contributed by atoms with E-state index in [9.17, 15) is 13.2 Å². The zero-order chi connectivity index (χ0) is 22.0. The zero-order valence-electron chi connectivity index (χ0n) is 16.8. The maximum absolute atomic E-state index is 13.0. The van der Waals surface area contributed by atoms with Crippen molar-refractivity contribution in [3.05, 3.63) is 58.6 Å². The Labute approximate surface area is 188 Å². The predicted octanol–water partition coefficient (Wildman–Crippen LogP) is 3.85. The SMILES string of the molecule is Cc1ccc(S(=O)(=O)N2CCCC(C(=O)Nc3nnc(-c4cccc(Br)c4)o3)C2)cc1. The van der Waals surface area contributed by atoms with Crippen molar-refractivity contribution in [2.75, 3.05) is 18.4 Å². The van der Waals surface area contributed by atoms with E-state index in [-0.39, 0.29) is 29.3 Å². The molecule has 1 unspecified atom stereocenters. The third-order valence-electron chi connectivity index (χ3n) is 5.14. The Morgan fingerprint density at radius 1 is 1.19 bits per heavy atom. The molecule has 4 rings (SSSR count). The van der Waals surface area contributed by atoms with Crippen LogP contribution in [0.3, 0.4) is 0 Å². The number of benzene rings is 2. The van der Waals surface area contributed by atoms with E-state index in [1.807, 2.05) is 31.2 Å². The minimum Gasteiger partial charge on any atom is -0.403 e. The number of amides is 1. The summed E-state index contributed by atoms with van der Waals surface area (Å²) in [6, 6.07) is 14.1. The number of anilines is 1. The number of sulfonamides is 1. The molecule has 1 saturated heterocycles. The summed E-state index contributed by atoms with van der Waals surface area (Å²) in [6.45, 7) is 2.39. The summed E-state index contributed by atoms with van der Waals surface area (Å²) in [7, 11) is -3.66. The lowest BCUT2D eigenvalue weighted by Gasteiger charge is -2.30. The lowest BCUT2D eigenvalue weighted by molar-refractivity contribution is -0.121. The van der Waals surface area contributed by atoms with E-state index >= 15 is 0 Å². The number of hydrogen-bond acceptors (Lipinski definition) is 6. The zero-order valence-corrected chi connectivity index (χ0v) is 19.2. The van der Waals surface area contributed by atoms with E-state index in [2.05, 4.69) is 31.4 Å². The molecule has 1 N–H and O–H groups in total. The maximum atomic E-state index is 13.0. The van der Waals surface area contributed by atoms with Gasteiger partial charge in [0, 0.05) is 23.1 Å². The van der Waals surface area contributed by atoms with Crippen molar-refractivity contribution < 1.29 is 17.6 Å². The molecule has 1 aliphatic rings. The van der Waals surface area contributed by atoms with Gasteiger partial charge in [-0.3, -0.25) is 10.1 Å². The van der Waals surface area contributed by atoms with Gasteiger partial charge in [-0.2, -0.15) is 4.31 Å². The van der Waals surface area contributed by atoms with Crippen LogP contribution in [0.4, 0.5) is 6.01 Å². The van der Waals surface area contributed by atoms with Gasteiger partial charge in [0.2, 0.25) is 21.8 Å². The number of halogens is 1. The van der Waals surface area contributed by atoms with Gasteiger partial charge in [-0.05, 0) is 50.1 Å². The molecule has 1 amide bonds. The summed E-state index contributed by atoms with van der Waals surface area (Å²) in [5.74, 6) is -0.563.